The maximum absolute atomic E-state index is 12.7. The van der Waals surface area contributed by atoms with Gasteiger partial charge in [-0.25, -0.2) is 4.79 Å². The first-order chi connectivity index (χ1) is 27.6. The summed E-state index contributed by atoms with van der Waals surface area (Å²) in [7, 11) is 0. The molecule has 0 bridgehead atoms. The first-order valence-electron chi connectivity index (χ1n) is 23.6. The van der Waals surface area contributed by atoms with Gasteiger partial charge in [0.2, 0.25) is 5.91 Å². The van der Waals surface area contributed by atoms with Crippen LogP contribution in [0.15, 0.2) is 30.3 Å². The highest BCUT2D eigenvalue weighted by Gasteiger charge is 2.14. The highest BCUT2D eigenvalue weighted by atomic mass is 16.4. The molecule has 0 saturated carbocycles. The van der Waals surface area contributed by atoms with Gasteiger partial charge in [-0.2, -0.15) is 0 Å². The summed E-state index contributed by atoms with van der Waals surface area (Å²) >= 11 is 0. The standard InChI is InChI=1S/C40H79NO3.C7H6O2.C2H4O2/c1-3-5-7-9-11-13-15-17-19-21-23-25-27-29-31-33-37-41(39(42)35-36-40(43)44)38-34-32-30-28-26-24-22-20-18-16-14-12-10-8-6-4-2;8-7(9)6-4-2-1-3-5-6;1-2(3)4/h3-38H2,1-2H3,(H,43,44);1-5H,(H,8,9);1H3,(H,3,4). The number of rotatable bonds is 38. The Bertz CT molecular complexity index is 992. The Morgan fingerprint density at radius 1 is 0.421 bits per heavy atom. The van der Waals surface area contributed by atoms with Gasteiger partial charge in [0.15, 0.2) is 0 Å². The van der Waals surface area contributed by atoms with Gasteiger partial charge >= 0.3 is 11.9 Å². The monoisotopic (exact) mass is 804 g/mol. The van der Waals surface area contributed by atoms with Crippen LogP contribution in [0.1, 0.15) is 249 Å². The molecule has 0 spiro atoms. The van der Waals surface area contributed by atoms with Crippen LogP contribution >= 0.6 is 0 Å². The summed E-state index contributed by atoms with van der Waals surface area (Å²) in [6.07, 6.45) is 43.3. The Balaban J connectivity index is 0. The van der Waals surface area contributed by atoms with Crippen molar-refractivity contribution in [3.05, 3.63) is 35.9 Å². The predicted octanol–water partition coefficient (Wildman–Crippen LogP) is 14.7. The molecule has 0 fully saturated rings. The summed E-state index contributed by atoms with van der Waals surface area (Å²) in [6, 6.07) is 8.30. The highest BCUT2D eigenvalue weighted by Crippen LogP contribution is 2.16. The van der Waals surface area contributed by atoms with Crippen molar-refractivity contribution in [1.82, 2.24) is 4.90 Å². The number of carboxylic acids is 3. The summed E-state index contributed by atoms with van der Waals surface area (Å²) in [5.74, 6) is -2.55. The molecule has 57 heavy (non-hydrogen) atoms. The third kappa shape index (κ3) is 47.4. The third-order valence-electron chi connectivity index (χ3n) is 10.5. The van der Waals surface area contributed by atoms with Crippen molar-refractivity contribution in [2.24, 2.45) is 0 Å². The smallest absolute Gasteiger partial charge is 0.335 e. The number of unbranched alkanes of at least 4 members (excludes halogenated alkanes) is 30. The lowest BCUT2D eigenvalue weighted by molar-refractivity contribution is -0.141. The Kier molecular flexibility index (Phi) is 45.2. The Morgan fingerprint density at radius 3 is 0.912 bits per heavy atom. The van der Waals surface area contributed by atoms with E-state index in [0.29, 0.717) is 5.56 Å². The summed E-state index contributed by atoms with van der Waals surface area (Å²) < 4.78 is 0. The van der Waals surface area contributed by atoms with Crippen LogP contribution in [-0.4, -0.2) is 57.1 Å². The van der Waals surface area contributed by atoms with E-state index in [2.05, 4.69) is 13.8 Å². The van der Waals surface area contributed by atoms with Crippen LogP contribution in [0, 0.1) is 0 Å². The van der Waals surface area contributed by atoms with Gasteiger partial charge in [0.05, 0.1) is 12.0 Å². The van der Waals surface area contributed by atoms with E-state index in [9.17, 15) is 14.4 Å². The predicted molar refractivity (Wildman–Crippen MR) is 239 cm³/mol. The van der Waals surface area contributed by atoms with Crippen molar-refractivity contribution in [1.29, 1.82) is 0 Å². The van der Waals surface area contributed by atoms with Crippen LogP contribution < -0.4 is 0 Å². The minimum atomic E-state index is -0.879. The van der Waals surface area contributed by atoms with Crippen molar-refractivity contribution in [3.63, 3.8) is 0 Å². The minimum Gasteiger partial charge on any atom is -0.481 e. The fraction of sp³-hybridized carbons (Fsp3) is 0.796. The van der Waals surface area contributed by atoms with E-state index in [-0.39, 0.29) is 18.7 Å². The zero-order valence-electron chi connectivity index (χ0n) is 37.3. The molecule has 0 aliphatic heterocycles. The summed E-state index contributed by atoms with van der Waals surface area (Å²) in [6.45, 7) is 7.25. The maximum Gasteiger partial charge on any atom is 0.335 e. The molecule has 0 saturated heterocycles. The second-order valence-electron chi connectivity index (χ2n) is 16.1. The number of carbonyl (C=O) groups is 4. The number of aromatic carboxylic acids is 1. The number of carbonyl (C=O) groups excluding carboxylic acids is 1. The Labute approximate surface area is 350 Å². The van der Waals surface area contributed by atoms with Gasteiger partial charge in [-0.1, -0.05) is 225 Å². The molecule has 332 valence electrons. The average molecular weight is 804 g/mol. The van der Waals surface area contributed by atoms with Crippen molar-refractivity contribution in [3.8, 4) is 0 Å². The van der Waals surface area contributed by atoms with Crippen molar-refractivity contribution < 1.29 is 34.5 Å². The van der Waals surface area contributed by atoms with Gasteiger partial charge in [0.1, 0.15) is 0 Å². The van der Waals surface area contributed by atoms with Gasteiger partial charge in [-0.15, -0.1) is 0 Å². The molecule has 8 heteroatoms. The van der Waals surface area contributed by atoms with E-state index in [1.165, 1.54) is 193 Å². The van der Waals surface area contributed by atoms with E-state index in [0.717, 1.165) is 32.9 Å². The second kappa shape index (κ2) is 45.8. The second-order valence-corrected chi connectivity index (χ2v) is 16.1. The van der Waals surface area contributed by atoms with E-state index in [4.69, 9.17) is 20.1 Å². The summed E-state index contributed by atoms with van der Waals surface area (Å²) in [5, 5.41) is 24.8. The molecule has 1 aromatic carbocycles. The number of hydrogen-bond donors (Lipinski definition) is 3. The minimum absolute atomic E-state index is 0.0364. The lowest BCUT2D eigenvalue weighted by Crippen LogP contribution is -2.33. The fourth-order valence-corrected chi connectivity index (χ4v) is 7.02. The van der Waals surface area contributed by atoms with Crippen LogP contribution in [0.3, 0.4) is 0 Å². The van der Waals surface area contributed by atoms with Crippen molar-refractivity contribution in [2.45, 2.75) is 239 Å². The van der Waals surface area contributed by atoms with Gasteiger partial charge in [-0.3, -0.25) is 14.4 Å². The van der Waals surface area contributed by atoms with E-state index in [1.54, 1.807) is 30.3 Å². The van der Waals surface area contributed by atoms with E-state index < -0.39 is 17.9 Å². The average Bonchev–Trinajstić information content (AvgIpc) is 3.19. The summed E-state index contributed by atoms with van der Waals surface area (Å²) in [4.78, 5) is 44.9. The molecule has 1 amide bonds. The fourth-order valence-electron chi connectivity index (χ4n) is 7.02. The quantitative estimate of drug-likeness (QED) is 0.0567. The number of amides is 1. The molecule has 0 aliphatic carbocycles. The number of nitrogens with zero attached hydrogens (tertiary/aromatic N) is 1. The maximum atomic E-state index is 12.7. The zero-order chi connectivity index (χ0) is 42.5. The molecule has 0 aromatic heterocycles. The number of hydrogen-bond acceptors (Lipinski definition) is 4. The molecule has 1 rings (SSSR count). The SMILES string of the molecule is CC(=O)O.CCCCCCCCCCCCCCCCCCN(CCCCCCCCCCCCCCCCCC)C(=O)CCC(=O)O.O=C(O)c1ccccc1. The largest absolute Gasteiger partial charge is 0.481 e. The highest BCUT2D eigenvalue weighted by molar-refractivity contribution is 5.87. The van der Waals surface area contributed by atoms with Crippen LogP contribution in [0.2, 0.25) is 0 Å². The van der Waals surface area contributed by atoms with Crippen LogP contribution in [-0.2, 0) is 14.4 Å². The molecule has 3 N–H and O–H groups in total. The van der Waals surface area contributed by atoms with Crippen LogP contribution in [0.25, 0.3) is 0 Å². The molecular weight excluding hydrogens is 715 g/mol. The molecule has 0 aliphatic rings. The molecule has 1 aromatic rings. The van der Waals surface area contributed by atoms with Crippen molar-refractivity contribution >= 4 is 23.8 Å². The topological polar surface area (TPSA) is 132 Å². The Morgan fingerprint density at radius 2 is 0.684 bits per heavy atom. The number of carboxylic acid groups (broad SMARTS) is 3. The lowest BCUT2D eigenvalue weighted by Gasteiger charge is -2.22. The molecule has 0 heterocycles. The summed E-state index contributed by atoms with van der Waals surface area (Å²) in [5.41, 5.74) is 0.331. The third-order valence-corrected chi connectivity index (χ3v) is 10.5. The normalized spacial score (nSPS) is 10.6. The lowest BCUT2D eigenvalue weighted by atomic mass is 10.0. The Hall–Kier alpha value is -2.90. The molecule has 8 nitrogen and oxygen atoms in total. The van der Waals surface area contributed by atoms with Gasteiger partial charge in [-0.05, 0) is 25.0 Å². The van der Waals surface area contributed by atoms with Crippen LogP contribution in [0.5, 0.6) is 0 Å². The van der Waals surface area contributed by atoms with Gasteiger partial charge < -0.3 is 20.2 Å². The zero-order valence-corrected chi connectivity index (χ0v) is 37.3. The first-order valence-corrected chi connectivity index (χ1v) is 23.6. The number of aliphatic carboxylic acids is 2. The molecule has 0 radical (unpaired) electrons. The molecule has 0 unspecified atom stereocenters. The van der Waals surface area contributed by atoms with Gasteiger partial charge in [0.25, 0.3) is 5.97 Å². The molecule has 0 atom stereocenters. The van der Waals surface area contributed by atoms with Gasteiger partial charge in [0, 0.05) is 26.4 Å². The van der Waals surface area contributed by atoms with Crippen LogP contribution in [0.4, 0.5) is 0 Å². The number of benzene rings is 1. The van der Waals surface area contributed by atoms with Crippen molar-refractivity contribution in [2.75, 3.05) is 13.1 Å². The molecular formula is C49H89NO7. The first kappa shape index (κ1) is 56.2. The van der Waals surface area contributed by atoms with E-state index >= 15 is 0 Å². The van der Waals surface area contributed by atoms with E-state index in [1.807, 2.05) is 4.90 Å².